The second kappa shape index (κ2) is 3.18. The highest BCUT2D eigenvalue weighted by molar-refractivity contribution is 5.60. The Bertz CT molecular complexity index is 491. The molecule has 0 bridgehead atoms. The molecule has 1 aromatic carbocycles. The number of aromatic amines is 1. The summed E-state index contributed by atoms with van der Waals surface area (Å²) in [5.74, 6) is 0.620. The van der Waals surface area contributed by atoms with E-state index in [0.717, 1.165) is 5.56 Å². The van der Waals surface area contributed by atoms with Gasteiger partial charge in [0.2, 0.25) is 0 Å². The Morgan fingerprint density at radius 1 is 1.14 bits per heavy atom. The van der Waals surface area contributed by atoms with Gasteiger partial charge in [-0.05, 0) is 13.8 Å². The van der Waals surface area contributed by atoms with Crippen LogP contribution in [-0.2, 0) is 0 Å². The van der Waals surface area contributed by atoms with E-state index in [0.29, 0.717) is 11.3 Å². The Labute approximate surface area is 81.3 Å². The van der Waals surface area contributed by atoms with Gasteiger partial charge >= 0.3 is 0 Å². The number of H-pyrrole nitrogens is 1. The number of rotatable bonds is 1. The lowest BCUT2D eigenvalue weighted by atomic mass is 10.1. The van der Waals surface area contributed by atoms with Crippen LogP contribution in [-0.4, -0.2) is 5.16 Å². The first-order valence-electron chi connectivity index (χ1n) is 4.43. The van der Waals surface area contributed by atoms with Gasteiger partial charge in [-0.2, -0.15) is 5.16 Å². The quantitative estimate of drug-likeness (QED) is 0.747. The summed E-state index contributed by atoms with van der Waals surface area (Å²) in [6.07, 6.45) is 0. The van der Waals surface area contributed by atoms with Crippen molar-refractivity contribution in [2.45, 2.75) is 13.8 Å². The fourth-order valence-electron chi connectivity index (χ4n) is 1.33. The molecule has 0 saturated heterocycles. The zero-order valence-electron chi connectivity index (χ0n) is 8.13. The maximum atomic E-state index is 11.1. The van der Waals surface area contributed by atoms with E-state index in [-0.39, 0.29) is 5.56 Å². The molecule has 0 saturated carbocycles. The van der Waals surface area contributed by atoms with Crippen LogP contribution in [0.2, 0.25) is 0 Å². The van der Waals surface area contributed by atoms with E-state index in [1.54, 1.807) is 6.92 Å². The van der Waals surface area contributed by atoms with Gasteiger partial charge in [0.25, 0.3) is 5.56 Å². The average molecular weight is 189 g/mol. The molecule has 72 valence electrons. The third-order valence-electron chi connectivity index (χ3n) is 2.24. The molecule has 0 aliphatic carbocycles. The van der Waals surface area contributed by atoms with Crippen molar-refractivity contribution in [1.82, 2.24) is 5.16 Å². The molecule has 3 nitrogen and oxygen atoms in total. The Hall–Kier alpha value is -1.77. The minimum absolute atomic E-state index is 0.166. The predicted molar refractivity (Wildman–Crippen MR) is 54.2 cm³/mol. The second-order valence-corrected chi connectivity index (χ2v) is 3.35. The maximum absolute atomic E-state index is 11.1. The van der Waals surface area contributed by atoms with Gasteiger partial charge in [-0.25, -0.2) is 0 Å². The van der Waals surface area contributed by atoms with Crippen LogP contribution in [0.25, 0.3) is 11.3 Å². The van der Waals surface area contributed by atoms with Crippen molar-refractivity contribution < 1.29 is 4.52 Å². The molecule has 0 amide bonds. The molecule has 0 fully saturated rings. The molecule has 0 atom stereocenters. The molecule has 1 N–H and O–H groups in total. The van der Waals surface area contributed by atoms with Gasteiger partial charge in [0.15, 0.2) is 5.76 Å². The van der Waals surface area contributed by atoms with Crippen molar-refractivity contribution in [2.24, 2.45) is 0 Å². The summed E-state index contributed by atoms with van der Waals surface area (Å²) < 4.78 is 5.08. The molecular formula is C11H11NO2. The number of aromatic nitrogens is 1. The molecule has 1 aromatic heterocycles. The third-order valence-corrected chi connectivity index (χ3v) is 2.24. The van der Waals surface area contributed by atoms with Crippen molar-refractivity contribution in [3.8, 4) is 11.3 Å². The van der Waals surface area contributed by atoms with E-state index in [9.17, 15) is 4.79 Å². The van der Waals surface area contributed by atoms with Crippen LogP contribution in [0.3, 0.4) is 0 Å². The highest BCUT2D eigenvalue weighted by Gasteiger charge is 2.09. The summed E-state index contributed by atoms with van der Waals surface area (Å²) in [4.78, 5) is 11.1. The van der Waals surface area contributed by atoms with Crippen LogP contribution < -0.4 is 5.56 Å². The van der Waals surface area contributed by atoms with E-state index >= 15 is 0 Å². The van der Waals surface area contributed by atoms with E-state index < -0.39 is 0 Å². The van der Waals surface area contributed by atoms with Crippen LogP contribution >= 0.6 is 0 Å². The Morgan fingerprint density at radius 3 is 2.29 bits per heavy atom. The van der Waals surface area contributed by atoms with E-state index in [2.05, 4.69) is 5.16 Å². The fraction of sp³-hybridized carbons (Fsp3) is 0.182. The van der Waals surface area contributed by atoms with Crippen LogP contribution in [0.5, 0.6) is 0 Å². The zero-order chi connectivity index (χ0) is 10.1. The van der Waals surface area contributed by atoms with E-state index in [1.807, 2.05) is 31.2 Å². The summed E-state index contributed by atoms with van der Waals surface area (Å²) in [5.41, 5.74) is 2.56. The first-order valence-corrected chi connectivity index (χ1v) is 4.43. The van der Waals surface area contributed by atoms with Gasteiger partial charge in [-0.15, -0.1) is 0 Å². The molecule has 14 heavy (non-hydrogen) atoms. The molecule has 2 aromatic rings. The molecule has 0 aliphatic rings. The lowest BCUT2D eigenvalue weighted by Crippen LogP contribution is -2.00. The number of nitrogens with one attached hydrogen (secondary N) is 1. The van der Waals surface area contributed by atoms with Crippen LogP contribution in [0.4, 0.5) is 0 Å². The predicted octanol–water partition coefficient (Wildman–Crippen LogP) is 2.25. The Balaban J connectivity index is 2.55. The standard InChI is InChI=1S/C11H11NO2/c1-7-3-5-9(6-4-7)10-8(2)11(13)12-14-10/h3-6H,1-2H3,(H,12,13). The first-order chi connectivity index (χ1) is 6.68. The van der Waals surface area contributed by atoms with Gasteiger partial charge in [0, 0.05) is 5.56 Å². The summed E-state index contributed by atoms with van der Waals surface area (Å²) in [5, 5.41) is 2.32. The highest BCUT2D eigenvalue weighted by atomic mass is 16.5. The molecular weight excluding hydrogens is 178 g/mol. The molecule has 0 radical (unpaired) electrons. The SMILES string of the molecule is Cc1ccc(-c2o[nH]c(=O)c2C)cc1. The fourth-order valence-corrected chi connectivity index (χ4v) is 1.33. The largest absolute Gasteiger partial charge is 0.378 e. The first kappa shape index (κ1) is 8.81. The summed E-state index contributed by atoms with van der Waals surface area (Å²) >= 11 is 0. The van der Waals surface area contributed by atoms with Crippen LogP contribution in [0, 0.1) is 13.8 Å². The molecule has 3 heteroatoms. The summed E-state index contributed by atoms with van der Waals surface area (Å²) in [6, 6.07) is 7.85. The maximum Gasteiger partial charge on any atom is 0.283 e. The van der Waals surface area contributed by atoms with Gasteiger partial charge in [-0.3, -0.25) is 4.79 Å². The molecule has 0 unspecified atom stereocenters. The van der Waals surface area contributed by atoms with Crippen molar-refractivity contribution in [3.63, 3.8) is 0 Å². The number of aryl methyl sites for hydroxylation is 1. The molecule has 1 heterocycles. The minimum Gasteiger partial charge on any atom is -0.378 e. The van der Waals surface area contributed by atoms with Crippen molar-refractivity contribution >= 4 is 0 Å². The van der Waals surface area contributed by atoms with E-state index in [1.165, 1.54) is 5.56 Å². The number of hydrogen-bond acceptors (Lipinski definition) is 2. The minimum atomic E-state index is -0.166. The van der Waals surface area contributed by atoms with Crippen LogP contribution in [0.1, 0.15) is 11.1 Å². The molecule has 2 rings (SSSR count). The summed E-state index contributed by atoms with van der Waals surface area (Å²) in [6.45, 7) is 3.77. The highest BCUT2D eigenvalue weighted by Crippen LogP contribution is 2.20. The smallest absolute Gasteiger partial charge is 0.283 e. The monoisotopic (exact) mass is 189 g/mol. The Morgan fingerprint density at radius 2 is 1.79 bits per heavy atom. The third kappa shape index (κ3) is 1.37. The zero-order valence-corrected chi connectivity index (χ0v) is 8.13. The van der Waals surface area contributed by atoms with Gasteiger partial charge < -0.3 is 4.52 Å². The second-order valence-electron chi connectivity index (χ2n) is 3.35. The normalized spacial score (nSPS) is 10.4. The molecule has 0 aliphatic heterocycles. The lowest BCUT2D eigenvalue weighted by molar-refractivity contribution is 0.425. The average Bonchev–Trinajstić information content (AvgIpc) is 2.50. The number of hydrogen-bond donors (Lipinski definition) is 1. The number of benzene rings is 1. The summed E-state index contributed by atoms with van der Waals surface area (Å²) in [7, 11) is 0. The topological polar surface area (TPSA) is 46.0 Å². The van der Waals surface area contributed by atoms with Gasteiger partial charge in [0.05, 0.1) is 5.56 Å². The molecule has 0 spiro atoms. The van der Waals surface area contributed by atoms with Crippen molar-refractivity contribution in [2.75, 3.05) is 0 Å². The van der Waals surface area contributed by atoms with Crippen molar-refractivity contribution in [1.29, 1.82) is 0 Å². The van der Waals surface area contributed by atoms with Crippen molar-refractivity contribution in [3.05, 3.63) is 45.7 Å². The van der Waals surface area contributed by atoms with Crippen LogP contribution in [0.15, 0.2) is 33.6 Å². The van der Waals surface area contributed by atoms with Gasteiger partial charge in [-0.1, -0.05) is 29.8 Å². The van der Waals surface area contributed by atoms with E-state index in [4.69, 9.17) is 4.52 Å². The van der Waals surface area contributed by atoms with Gasteiger partial charge in [0.1, 0.15) is 0 Å². The lowest BCUT2D eigenvalue weighted by Gasteiger charge is -1.97. The Kier molecular flexibility index (Phi) is 2.00.